The highest BCUT2D eigenvalue weighted by Gasteiger charge is 2.43. The van der Waals surface area contributed by atoms with Gasteiger partial charge in [0.15, 0.2) is 17.3 Å². The van der Waals surface area contributed by atoms with E-state index in [1.165, 1.54) is 0 Å². The van der Waals surface area contributed by atoms with Gasteiger partial charge in [-0.05, 0) is 48.4 Å². The summed E-state index contributed by atoms with van der Waals surface area (Å²) in [4.78, 5) is 26.9. The van der Waals surface area contributed by atoms with Crippen molar-refractivity contribution in [1.82, 2.24) is 5.32 Å². The Labute approximate surface area is 219 Å². The second-order valence-corrected chi connectivity index (χ2v) is 10.6. The van der Waals surface area contributed by atoms with Crippen LogP contribution in [-0.2, 0) is 20.9 Å². The first-order chi connectivity index (χ1) is 17.7. The van der Waals surface area contributed by atoms with Gasteiger partial charge >= 0.3 is 5.97 Å². The first-order valence-electron chi connectivity index (χ1n) is 13.0. The third-order valence-electron chi connectivity index (χ3n) is 6.95. The number of hydrogen-bond donors (Lipinski definition) is 1. The summed E-state index contributed by atoms with van der Waals surface area (Å²) in [6, 6.07) is 15.6. The summed E-state index contributed by atoms with van der Waals surface area (Å²) in [5.41, 5.74) is 4.42. The average molecular weight is 504 g/mol. The van der Waals surface area contributed by atoms with E-state index in [9.17, 15) is 9.59 Å². The molecule has 2 aromatic carbocycles. The zero-order chi connectivity index (χ0) is 26.6. The molecule has 4 rings (SSSR count). The number of hydrogen-bond acceptors (Lipinski definition) is 6. The van der Waals surface area contributed by atoms with E-state index in [1.54, 1.807) is 7.11 Å². The maximum absolute atomic E-state index is 13.5. The fourth-order valence-corrected chi connectivity index (χ4v) is 5.15. The highest BCUT2D eigenvalue weighted by atomic mass is 16.5. The van der Waals surface area contributed by atoms with Crippen LogP contribution in [0.3, 0.4) is 0 Å². The fraction of sp³-hybridized carbons (Fsp3) is 0.419. The lowest BCUT2D eigenvalue weighted by Gasteiger charge is -2.39. The summed E-state index contributed by atoms with van der Waals surface area (Å²) >= 11 is 0. The number of rotatable bonds is 9. The molecule has 0 unspecified atom stereocenters. The van der Waals surface area contributed by atoms with Crippen molar-refractivity contribution in [3.63, 3.8) is 0 Å². The van der Waals surface area contributed by atoms with Crippen LogP contribution in [0.15, 0.2) is 71.1 Å². The minimum atomic E-state index is -0.536. The number of carbonyl (C=O) groups is 2. The number of dihydropyridines is 1. The SMILES string of the molecule is CCCCOC(=O)C1=C(C)NC2=C(C(=O)CC(C)(C)C2)[C@@H]1c1ccc(OCc2ccccc2)c(OC)c1. The summed E-state index contributed by atoms with van der Waals surface area (Å²) in [7, 11) is 1.59. The van der Waals surface area contributed by atoms with Crippen LogP contribution in [0.25, 0.3) is 0 Å². The minimum Gasteiger partial charge on any atom is -0.493 e. The smallest absolute Gasteiger partial charge is 0.336 e. The molecule has 1 heterocycles. The normalized spacial score (nSPS) is 18.7. The number of esters is 1. The van der Waals surface area contributed by atoms with E-state index < -0.39 is 11.9 Å². The van der Waals surface area contributed by atoms with Crippen molar-refractivity contribution in [3.8, 4) is 11.5 Å². The van der Waals surface area contributed by atoms with Crippen LogP contribution in [0.2, 0.25) is 0 Å². The fourth-order valence-electron chi connectivity index (χ4n) is 5.15. The van der Waals surface area contributed by atoms with Crippen LogP contribution in [0, 0.1) is 5.41 Å². The second-order valence-electron chi connectivity index (χ2n) is 10.6. The van der Waals surface area contributed by atoms with Gasteiger partial charge in [0, 0.05) is 29.3 Å². The van der Waals surface area contributed by atoms with Crippen molar-refractivity contribution in [2.75, 3.05) is 13.7 Å². The Bertz CT molecular complexity index is 1230. The maximum atomic E-state index is 13.5. The largest absolute Gasteiger partial charge is 0.493 e. The predicted octanol–water partition coefficient (Wildman–Crippen LogP) is 6.22. The van der Waals surface area contributed by atoms with E-state index in [4.69, 9.17) is 14.2 Å². The Morgan fingerprint density at radius 1 is 1.08 bits per heavy atom. The summed E-state index contributed by atoms with van der Waals surface area (Å²) in [6.07, 6.45) is 2.88. The number of unbranched alkanes of at least 4 members (excludes halogenated alkanes) is 1. The molecule has 6 heteroatoms. The number of Topliss-reactive ketones (excluding diaryl/α,β-unsaturated/α-hetero) is 1. The Kier molecular flexibility index (Phi) is 8.06. The molecule has 1 N–H and O–H groups in total. The maximum Gasteiger partial charge on any atom is 0.336 e. The van der Waals surface area contributed by atoms with Gasteiger partial charge in [-0.3, -0.25) is 4.79 Å². The molecule has 0 aromatic heterocycles. The van der Waals surface area contributed by atoms with Gasteiger partial charge in [-0.2, -0.15) is 0 Å². The first-order valence-corrected chi connectivity index (χ1v) is 13.0. The molecule has 1 aliphatic heterocycles. The van der Waals surface area contributed by atoms with E-state index in [1.807, 2.05) is 55.5 Å². The number of carbonyl (C=O) groups excluding carboxylic acids is 2. The highest BCUT2D eigenvalue weighted by Crippen LogP contribution is 2.48. The molecule has 0 fully saturated rings. The summed E-state index contributed by atoms with van der Waals surface area (Å²) in [6.45, 7) is 8.88. The molecule has 0 amide bonds. The van der Waals surface area contributed by atoms with Gasteiger partial charge in [0.1, 0.15) is 6.61 Å². The lowest BCUT2D eigenvalue weighted by atomic mass is 9.68. The Balaban J connectivity index is 1.73. The summed E-state index contributed by atoms with van der Waals surface area (Å²) < 4.78 is 17.4. The van der Waals surface area contributed by atoms with E-state index in [0.29, 0.717) is 42.3 Å². The van der Waals surface area contributed by atoms with Crippen LogP contribution in [0.5, 0.6) is 11.5 Å². The molecular weight excluding hydrogens is 466 g/mol. The molecule has 37 heavy (non-hydrogen) atoms. The van der Waals surface area contributed by atoms with Crippen molar-refractivity contribution in [3.05, 3.63) is 82.2 Å². The van der Waals surface area contributed by atoms with Crippen molar-refractivity contribution in [1.29, 1.82) is 0 Å². The molecule has 196 valence electrons. The quantitative estimate of drug-likeness (QED) is 0.323. The van der Waals surface area contributed by atoms with Crippen molar-refractivity contribution in [2.45, 2.75) is 65.9 Å². The molecule has 6 nitrogen and oxygen atoms in total. The molecule has 0 saturated carbocycles. The lowest BCUT2D eigenvalue weighted by Crippen LogP contribution is -2.38. The van der Waals surface area contributed by atoms with Gasteiger partial charge in [0.05, 0.1) is 19.3 Å². The molecule has 0 bridgehead atoms. The zero-order valence-electron chi connectivity index (χ0n) is 22.5. The van der Waals surface area contributed by atoms with Crippen LogP contribution < -0.4 is 14.8 Å². The summed E-state index contributed by atoms with van der Waals surface area (Å²) in [5.74, 6) is 0.275. The Morgan fingerprint density at radius 2 is 1.84 bits per heavy atom. The van der Waals surface area contributed by atoms with Gasteiger partial charge in [0.2, 0.25) is 0 Å². The van der Waals surface area contributed by atoms with Gasteiger partial charge < -0.3 is 19.5 Å². The van der Waals surface area contributed by atoms with Gasteiger partial charge in [-0.25, -0.2) is 4.79 Å². The van der Waals surface area contributed by atoms with E-state index in [-0.39, 0.29) is 11.2 Å². The monoisotopic (exact) mass is 503 g/mol. The highest BCUT2D eigenvalue weighted by molar-refractivity contribution is 6.04. The van der Waals surface area contributed by atoms with Crippen LogP contribution >= 0.6 is 0 Å². The Hall–Kier alpha value is -3.54. The molecule has 0 radical (unpaired) electrons. The lowest BCUT2D eigenvalue weighted by molar-refractivity contribution is -0.139. The average Bonchev–Trinajstić information content (AvgIpc) is 2.86. The van der Waals surface area contributed by atoms with Crippen molar-refractivity contribution < 1.29 is 23.8 Å². The number of ether oxygens (including phenoxy) is 3. The topological polar surface area (TPSA) is 73.9 Å². The standard InChI is InChI=1S/C31H37NO5/c1-6-7-15-36-30(34)27-20(2)32-23-17-31(3,4)18-24(33)29(23)28(27)22-13-14-25(26(16-22)35-5)37-19-21-11-9-8-10-12-21/h8-14,16,28,32H,6-7,15,17-19H2,1-5H3/t28-/m1/s1. The Morgan fingerprint density at radius 3 is 2.54 bits per heavy atom. The number of methoxy groups -OCH3 is 1. The number of benzene rings is 2. The third kappa shape index (κ3) is 5.90. The molecular formula is C31H37NO5. The second kappa shape index (κ2) is 11.2. The van der Waals surface area contributed by atoms with Gasteiger partial charge in [-0.15, -0.1) is 0 Å². The molecule has 1 aliphatic carbocycles. The molecule has 1 atom stereocenters. The molecule has 0 spiro atoms. The van der Waals surface area contributed by atoms with Crippen LogP contribution in [-0.4, -0.2) is 25.5 Å². The van der Waals surface area contributed by atoms with Crippen LogP contribution in [0.4, 0.5) is 0 Å². The van der Waals surface area contributed by atoms with Crippen molar-refractivity contribution >= 4 is 11.8 Å². The van der Waals surface area contributed by atoms with Gasteiger partial charge in [-0.1, -0.05) is 63.6 Å². The molecule has 2 aromatic rings. The first kappa shape index (κ1) is 26.5. The number of nitrogens with one attached hydrogen (secondary N) is 1. The van der Waals surface area contributed by atoms with E-state index >= 15 is 0 Å². The zero-order valence-corrected chi connectivity index (χ0v) is 22.5. The van der Waals surface area contributed by atoms with Crippen LogP contribution in [0.1, 0.15) is 70.4 Å². The number of ketones is 1. The minimum absolute atomic E-state index is 0.0541. The molecule has 0 saturated heterocycles. The van der Waals surface area contributed by atoms with E-state index in [2.05, 4.69) is 26.1 Å². The summed E-state index contributed by atoms with van der Waals surface area (Å²) in [5, 5.41) is 3.39. The van der Waals surface area contributed by atoms with Gasteiger partial charge in [0.25, 0.3) is 0 Å². The molecule has 2 aliphatic rings. The van der Waals surface area contributed by atoms with E-state index in [0.717, 1.165) is 41.8 Å². The van der Waals surface area contributed by atoms with Crippen molar-refractivity contribution in [2.24, 2.45) is 5.41 Å². The predicted molar refractivity (Wildman–Crippen MR) is 143 cm³/mol. The number of allylic oxidation sites excluding steroid dienone is 3. The third-order valence-corrected chi connectivity index (χ3v) is 6.95.